The molecule has 7 nitrogen and oxygen atoms in total. The van der Waals surface area contributed by atoms with Gasteiger partial charge in [0.05, 0.1) is 13.2 Å². The van der Waals surface area contributed by atoms with Crippen molar-refractivity contribution in [3.8, 4) is 0 Å². The molecule has 1 aliphatic rings. The van der Waals surface area contributed by atoms with Gasteiger partial charge in [-0.05, 0) is 30.7 Å². The molecule has 1 heterocycles. The van der Waals surface area contributed by atoms with Crippen LogP contribution in [0.2, 0.25) is 0 Å². The number of aliphatic hydroxyl groups is 1. The van der Waals surface area contributed by atoms with Crippen molar-refractivity contribution in [2.45, 2.75) is 13.8 Å². The Labute approximate surface area is 127 Å². The first-order chi connectivity index (χ1) is 10.4. The minimum Gasteiger partial charge on any atom is -0.395 e. The molecule has 0 radical (unpaired) electrons. The maximum Gasteiger partial charge on any atom is 0.277 e. The third kappa shape index (κ3) is 3.32. The maximum absolute atomic E-state index is 12.0. The first-order valence-electron chi connectivity index (χ1n) is 6.76. The lowest BCUT2D eigenvalue weighted by Crippen LogP contribution is -2.34. The number of carbonyl (C=O) groups excluding carboxylic acids is 3. The van der Waals surface area contributed by atoms with Gasteiger partial charge in [0.2, 0.25) is 5.91 Å². The fourth-order valence-corrected chi connectivity index (χ4v) is 2.14. The van der Waals surface area contributed by atoms with Crippen molar-refractivity contribution in [2.75, 3.05) is 23.8 Å². The number of nitrogens with zero attached hydrogens (tertiary/aromatic N) is 1. The third-order valence-corrected chi connectivity index (χ3v) is 3.15. The van der Waals surface area contributed by atoms with E-state index in [1.807, 2.05) is 6.92 Å². The number of β-amino-alcohol motifs (C(OH)–C–C–N with tert-alkyl or cyclic N) is 1. The topological polar surface area (TPSA) is 98.7 Å². The second-order valence-electron chi connectivity index (χ2n) is 4.91. The molecule has 0 fully saturated rings. The van der Waals surface area contributed by atoms with Crippen LogP contribution in [0.15, 0.2) is 30.0 Å². The molecule has 0 saturated carbocycles. The molecule has 0 spiro atoms. The van der Waals surface area contributed by atoms with Crippen LogP contribution in [0.1, 0.15) is 12.5 Å². The van der Waals surface area contributed by atoms with Crippen molar-refractivity contribution in [3.05, 3.63) is 35.5 Å². The summed E-state index contributed by atoms with van der Waals surface area (Å²) in [5.41, 5.74) is 2.29. The zero-order valence-electron chi connectivity index (χ0n) is 12.3. The van der Waals surface area contributed by atoms with E-state index in [1.54, 1.807) is 18.2 Å². The van der Waals surface area contributed by atoms with Gasteiger partial charge >= 0.3 is 0 Å². The molecule has 3 N–H and O–H groups in total. The number of aryl methyl sites for hydroxylation is 1. The van der Waals surface area contributed by atoms with E-state index in [0.29, 0.717) is 11.4 Å². The largest absolute Gasteiger partial charge is 0.395 e. The van der Waals surface area contributed by atoms with Gasteiger partial charge < -0.3 is 15.7 Å². The molecule has 0 unspecified atom stereocenters. The normalized spacial score (nSPS) is 14.1. The van der Waals surface area contributed by atoms with Gasteiger partial charge in [-0.25, -0.2) is 0 Å². The summed E-state index contributed by atoms with van der Waals surface area (Å²) in [7, 11) is 0. The molecule has 0 aliphatic carbocycles. The number of nitrogens with one attached hydrogen (secondary N) is 2. The fraction of sp³-hybridized carbons (Fsp3) is 0.267. The lowest BCUT2D eigenvalue weighted by Gasteiger charge is -2.14. The van der Waals surface area contributed by atoms with Gasteiger partial charge in [0.15, 0.2) is 0 Å². The predicted octanol–water partition coefficient (Wildman–Crippen LogP) is 0.610. The van der Waals surface area contributed by atoms with Crippen molar-refractivity contribution in [2.24, 2.45) is 0 Å². The Kier molecular flexibility index (Phi) is 4.57. The molecular formula is C15H17N3O4. The van der Waals surface area contributed by atoms with Crippen LogP contribution >= 0.6 is 0 Å². The van der Waals surface area contributed by atoms with E-state index in [4.69, 9.17) is 5.11 Å². The van der Waals surface area contributed by atoms with Gasteiger partial charge in [0.25, 0.3) is 11.8 Å². The van der Waals surface area contributed by atoms with Gasteiger partial charge in [0, 0.05) is 24.4 Å². The van der Waals surface area contributed by atoms with Crippen LogP contribution in [0.3, 0.4) is 0 Å². The number of hydrogen-bond donors (Lipinski definition) is 3. The molecule has 0 bridgehead atoms. The highest BCUT2D eigenvalue weighted by Gasteiger charge is 2.30. The molecule has 1 aliphatic heterocycles. The van der Waals surface area contributed by atoms with E-state index < -0.39 is 11.8 Å². The highest BCUT2D eigenvalue weighted by molar-refractivity contribution is 6.17. The van der Waals surface area contributed by atoms with Crippen molar-refractivity contribution in [3.63, 3.8) is 0 Å². The average molecular weight is 303 g/mol. The fourth-order valence-electron chi connectivity index (χ4n) is 2.14. The molecule has 1 aromatic carbocycles. The number of imide groups is 1. The average Bonchev–Trinajstić information content (AvgIpc) is 2.69. The molecule has 0 atom stereocenters. The Morgan fingerprint density at radius 1 is 1.32 bits per heavy atom. The van der Waals surface area contributed by atoms with Gasteiger partial charge in [-0.2, -0.15) is 0 Å². The second kappa shape index (κ2) is 6.40. The number of anilines is 2. The Bertz CT molecular complexity index is 667. The summed E-state index contributed by atoms with van der Waals surface area (Å²) in [6.07, 6.45) is 1.21. The van der Waals surface area contributed by atoms with Crippen molar-refractivity contribution >= 4 is 29.1 Å². The van der Waals surface area contributed by atoms with E-state index in [2.05, 4.69) is 10.6 Å². The molecule has 0 aromatic heterocycles. The second-order valence-corrected chi connectivity index (χ2v) is 4.91. The van der Waals surface area contributed by atoms with E-state index in [9.17, 15) is 14.4 Å². The quantitative estimate of drug-likeness (QED) is 0.692. The monoisotopic (exact) mass is 303 g/mol. The number of hydrogen-bond acceptors (Lipinski definition) is 5. The van der Waals surface area contributed by atoms with E-state index in [-0.39, 0.29) is 24.8 Å². The first kappa shape index (κ1) is 15.7. The Balaban J connectivity index is 2.15. The van der Waals surface area contributed by atoms with Gasteiger partial charge in [-0.15, -0.1) is 0 Å². The molecule has 22 heavy (non-hydrogen) atoms. The zero-order valence-corrected chi connectivity index (χ0v) is 12.3. The first-order valence-corrected chi connectivity index (χ1v) is 6.76. The molecule has 116 valence electrons. The highest BCUT2D eigenvalue weighted by Crippen LogP contribution is 2.23. The Morgan fingerprint density at radius 2 is 2.05 bits per heavy atom. The number of aliphatic hydroxyl groups excluding tert-OH is 1. The van der Waals surface area contributed by atoms with Crippen molar-refractivity contribution < 1.29 is 19.5 Å². The minimum atomic E-state index is -0.468. The maximum atomic E-state index is 12.0. The molecule has 1 aromatic rings. The molecular weight excluding hydrogens is 286 g/mol. The van der Waals surface area contributed by atoms with E-state index in [0.717, 1.165) is 10.5 Å². The van der Waals surface area contributed by atoms with Crippen LogP contribution in [0.25, 0.3) is 0 Å². The van der Waals surface area contributed by atoms with Gasteiger partial charge in [0.1, 0.15) is 5.70 Å². The summed E-state index contributed by atoms with van der Waals surface area (Å²) in [5.74, 6) is -1.09. The summed E-state index contributed by atoms with van der Waals surface area (Å²) in [5, 5.41) is 14.4. The Hall–Kier alpha value is -2.67. The standard InChI is InChI=1S/C15H17N3O4/c1-9-7-11(16-10(2)20)3-4-12(9)17-13-8-14(21)18(5-6-19)15(13)22/h3-4,7-8,17,19H,5-6H2,1-2H3,(H,16,20). The minimum absolute atomic E-state index is 0.0280. The number of carbonyl (C=O) groups is 3. The van der Waals surface area contributed by atoms with Crippen molar-refractivity contribution in [1.82, 2.24) is 4.90 Å². The lowest BCUT2D eigenvalue weighted by molar-refractivity contribution is -0.137. The van der Waals surface area contributed by atoms with Crippen LogP contribution in [0.4, 0.5) is 11.4 Å². The highest BCUT2D eigenvalue weighted by atomic mass is 16.3. The van der Waals surface area contributed by atoms with Gasteiger partial charge in [-0.3, -0.25) is 19.3 Å². The SMILES string of the molecule is CC(=O)Nc1ccc(NC2=CC(=O)N(CCO)C2=O)c(C)c1. The molecule has 2 rings (SSSR count). The van der Waals surface area contributed by atoms with Crippen LogP contribution in [-0.2, 0) is 14.4 Å². The van der Waals surface area contributed by atoms with E-state index >= 15 is 0 Å². The molecule has 7 heteroatoms. The molecule has 3 amide bonds. The third-order valence-electron chi connectivity index (χ3n) is 3.15. The van der Waals surface area contributed by atoms with E-state index in [1.165, 1.54) is 13.0 Å². The van der Waals surface area contributed by atoms with Crippen LogP contribution in [0, 0.1) is 6.92 Å². The van der Waals surface area contributed by atoms with Crippen LogP contribution in [-0.4, -0.2) is 40.9 Å². The van der Waals surface area contributed by atoms with Crippen LogP contribution < -0.4 is 10.6 Å². The van der Waals surface area contributed by atoms with Crippen molar-refractivity contribution in [1.29, 1.82) is 0 Å². The Morgan fingerprint density at radius 3 is 2.64 bits per heavy atom. The predicted molar refractivity (Wildman–Crippen MR) is 81.0 cm³/mol. The number of benzene rings is 1. The zero-order chi connectivity index (χ0) is 16.3. The summed E-state index contributed by atoms with van der Waals surface area (Å²) < 4.78 is 0. The smallest absolute Gasteiger partial charge is 0.277 e. The van der Waals surface area contributed by atoms with Crippen LogP contribution in [0.5, 0.6) is 0 Å². The van der Waals surface area contributed by atoms with Gasteiger partial charge in [-0.1, -0.05) is 0 Å². The molecule has 0 saturated heterocycles. The number of amides is 3. The summed E-state index contributed by atoms with van der Waals surface area (Å²) in [6, 6.07) is 5.18. The lowest BCUT2D eigenvalue weighted by atomic mass is 10.1. The summed E-state index contributed by atoms with van der Waals surface area (Å²) >= 11 is 0. The summed E-state index contributed by atoms with van der Waals surface area (Å²) in [6.45, 7) is 2.94. The summed E-state index contributed by atoms with van der Waals surface area (Å²) in [4.78, 5) is 35.7. The number of rotatable bonds is 5.